The molecule has 31 heavy (non-hydrogen) atoms. The highest BCUT2D eigenvalue weighted by Crippen LogP contribution is 2.31. The number of hydrogen-bond donors (Lipinski definition) is 6. The maximum atomic E-state index is 14.5. The molecule has 0 aliphatic rings. The van der Waals surface area contributed by atoms with Gasteiger partial charge in [0.05, 0.1) is 22.4 Å². The molecule has 2 aromatic heterocycles. The summed E-state index contributed by atoms with van der Waals surface area (Å²) < 4.78 is 14.5. The van der Waals surface area contributed by atoms with Crippen LogP contribution in [0.25, 0.3) is 11.0 Å². The van der Waals surface area contributed by atoms with Crippen molar-refractivity contribution in [3.05, 3.63) is 34.8 Å². The van der Waals surface area contributed by atoms with Gasteiger partial charge < -0.3 is 31.5 Å². The molecule has 0 radical (unpaired) electrons. The second-order valence-electron chi connectivity index (χ2n) is 8.05. The number of hydrogen-bond acceptors (Lipinski definition) is 7. The van der Waals surface area contributed by atoms with E-state index in [4.69, 9.17) is 5.41 Å². The standard InChI is InChI=1S/C22H30FN7O/c1-6-15-12(3)17-19(25-7-2)29-21(30-20(17)27-15)28-16-9-8-14(23)18(13(16)10-24)26-11-22(4,5)31/h8-10,24,26,31H,6-7,11H2,1-5H3,(H3,25,27,28,29,30). The number of anilines is 4. The van der Waals surface area contributed by atoms with Crippen LogP contribution < -0.4 is 16.0 Å². The van der Waals surface area contributed by atoms with E-state index >= 15 is 0 Å². The summed E-state index contributed by atoms with van der Waals surface area (Å²) in [5, 5.41) is 28.1. The molecule has 0 saturated carbocycles. The van der Waals surface area contributed by atoms with Gasteiger partial charge >= 0.3 is 0 Å². The first-order valence-electron chi connectivity index (χ1n) is 10.4. The smallest absolute Gasteiger partial charge is 0.231 e. The van der Waals surface area contributed by atoms with Crippen molar-refractivity contribution in [2.24, 2.45) is 0 Å². The first-order chi connectivity index (χ1) is 14.7. The lowest BCUT2D eigenvalue weighted by Crippen LogP contribution is -2.30. The zero-order valence-electron chi connectivity index (χ0n) is 18.6. The number of aryl methyl sites for hydroxylation is 2. The molecule has 1 aromatic carbocycles. The van der Waals surface area contributed by atoms with E-state index in [2.05, 4.69) is 37.8 Å². The predicted molar refractivity (Wildman–Crippen MR) is 125 cm³/mol. The third kappa shape index (κ3) is 4.77. The number of nitrogens with one attached hydrogen (secondary N) is 5. The summed E-state index contributed by atoms with van der Waals surface area (Å²) in [6.45, 7) is 10.2. The van der Waals surface area contributed by atoms with Crippen LogP contribution in [0, 0.1) is 18.2 Å². The Balaban J connectivity index is 2.04. The lowest BCUT2D eigenvalue weighted by molar-refractivity contribution is 0.0944. The molecule has 0 aliphatic carbocycles. The van der Waals surface area contributed by atoms with Crippen molar-refractivity contribution >= 4 is 40.4 Å². The van der Waals surface area contributed by atoms with E-state index in [0.717, 1.165) is 29.3 Å². The summed E-state index contributed by atoms with van der Waals surface area (Å²) in [5.74, 6) is 0.531. The van der Waals surface area contributed by atoms with Gasteiger partial charge in [-0.15, -0.1) is 0 Å². The largest absolute Gasteiger partial charge is 0.389 e. The molecular formula is C22H30FN7O. The Labute approximate surface area is 181 Å². The molecule has 3 aromatic rings. The van der Waals surface area contributed by atoms with Crippen molar-refractivity contribution in [2.45, 2.75) is 46.6 Å². The van der Waals surface area contributed by atoms with Crippen molar-refractivity contribution in [1.82, 2.24) is 15.0 Å². The van der Waals surface area contributed by atoms with Crippen LogP contribution in [-0.4, -0.2) is 45.0 Å². The van der Waals surface area contributed by atoms with Crippen LogP contribution in [0.1, 0.15) is 44.5 Å². The van der Waals surface area contributed by atoms with Gasteiger partial charge in [-0.1, -0.05) is 6.92 Å². The molecule has 0 aliphatic heterocycles. The van der Waals surface area contributed by atoms with Gasteiger partial charge in [0.25, 0.3) is 0 Å². The van der Waals surface area contributed by atoms with Crippen LogP contribution in [-0.2, 0) is 6.42 Å². The molecule has 6 N–H and O–H groups in total. The van der Waals surface area contributed by atoms with Gasteiger partial charge in [-0.3, -0.25) is 0 Å². The van der Waals surface area contributed by atoms with Crippen LogP contribution in [0.3, 0.4) is 0 Å². The maximum Gasteiger partial charge on any atom is 0.231 e. The van der Waals surface area contributed by atoms with Crippen molar-refractivity contribution in [1.29, 1.82) is 5.41 Å². The Morgan fingerprint density at radius 1 is 1.23 bits per heavy atom. The minimum Gasteiger partial charge on any atom is -0.389 e. The molecule has 8 nitrogen and oxygen atoms in total. The highest BCUT2D eigenvalue weighted by Gasteiger charge is 2.19. The van der Waals surface area contributed by atoms with Crippen molar-refractivity contribution in [2.75, 3.05) is 29.0 Å². The molecule has 166 valence electrons. The minimum absolute atomic E-state index is 0.128. The fourth-order valence-corrected chi connectivity index (χ4v) is 3.46. The number of aliphatic hydroxyl groups is 1. The van der Waals surface area contributed by atoms with E-state index in [0.29, 0.717) is 35.2 Å². The molecule has 0 amide bonds. The summed E-state index contributed by atoms with van der Waals surface area (Å²) >= 11 is 0. The minimum atomic E-state index is -1.04. The van der Waals surface area contributed by atoms with Gasteiger partial charge in [0.1, 0.15) is 17.3 Å². The van der Waals surface area contributed by atoms with Crippen LogP contribution in [0.5, 0.6) is 0 Å². The average molecular weight is 428 g/mol. The summed E-state index contributed by atoms with van der Waals surface area (Å²) in [6.07, 6.45) is 1.92. The fraction of sp³-hybridized carbons (Fsp3) is 0.409. The summed E-state index contributed by atoms with van der Waals surface area (Å²) in [4.78, 5) is 12.6. The Bertz CT molecular complexity index is 1100. The normalized spacial score (nSPS) is 11.6. The van der Waals surface area contributed by atoms with Gasteiger partial charge in [0.15, 0.2) is 0 Å². The summed E-state index contributed by atoms with van der Waals surface area (Å²) in [7, 11) is 0. The quantitative estimate of drug-likeness (QED) is 0.283. The highest BCUT2D eigenvalue weighted by molar-refractivity contribution is 5.96. The van der Waals surface area contributed by atoms with Crippen LogP contribution in [0.2, 0.25) is 0 Å². The molecule has 9 heteroatoms. The first-order valence-corrected chi connectivity index (χ1v) is 10.4. The van der Waals surface area contributed by atoms with Crippen molar-refractivity contribution < 1.29 is 9.50 Å². The molecule has 3 rings (SSSR count). The molecule has 2 heterocycles. The van der Waals surface area contributed by atoms with Gasteiger partial charge in [-0.25, -0.2) is 4.39 Å². The lowest BCUT2D eigenvalue weighted by Gasteiger charge is -2.21. The highest BCUT2D eigenvalue weighted by atomic mass is 19.1. The van der Waals surface area contributed by atoms with Gasteiger partial charge in [-0.05, 0) is 51.8 Å². The summed E-state index contributed by atoms with van der Waals surface area (Å²) in [5.41, 5.74) is 2.82. The molecule has 0 fully saturated rings. The predicted octanol–water partition coefficient (Wildman–Crippen LogP) is 4.32. The third-order valence-corrected chi connectivity index (χ3v) is 4.99. The lowest BCUT2D eigenvalue weighted by atomic mass is 10.1. The van der Waals surface area contributed by atoms with Crippen LogP contribution in [0.4, 0.5) is 27.5 Å². The Morgan fingerprint density at radius 2 is 1.97 bits per heavy atom. The van der Waals surface area contributed by atoms with Gasteiger partial charge in [0, 0.05) is 30.6 Å². The van der Waals surface area contributed by atoms with Crippen LogP contribution in [0.15, 0.2) is 12.1 Å². The maximum absolute atomic E-state index is 14.5. The number of rotatable bonds is 9. The zero-order valence-corrected chi connectivity index (χ0v) is 18.6. The average Bonchev–Trinajstić information content (AvgIpc) is 3.03. The van der Waals surface area contributed by atoms with Crippen molar-refractivity contribution in [3.8, 4) is 0 Å². The molecule has 0 unspecified atom stereocenters. The second kappa shape index (κ2) is 8.89. The monoisotopic (exact) mass is 427 g/mol. The van der Waals surface area contributed by atoms with E-state index in [1.165, 1.54) is 6.07 Å². The number of halogens is 1. The first kappa shape index (κ1) is 22.5. The van der Waals surface area contributed by atoms with Gasteiger partial charge in [0.2, 0.25) is 5.95 Å². The molecular weight excluding hydrogens is 397 g/mol. The zero-order chi connectivity index (χ0) is 22.8. The molecule has 0 bridgehead atoms. The Hall–Kier alpha value is -3.20. The fourth-order valence-electron chi connectivity index (χ4n) is 3.46. The summed E-state index contributed by atoms with van der Waals surface area (Å²) in [6, 6.07) is 2.85. The van der Waals surface area contributed by atoms with E-state index in [1.54, 1.807) is 19.9 Å². The van der Waals surface area contributed by atoms with E-state index in [1.807, 2.05) is 13.8 Å². The Morgan fingerprint density at radius 3 is 2.58 bits per heavy atom. The van der Waals surface area contributed by atoms with E-state index in [9.17, 15) is 9.50 Å². The number of H-pyrrole nitrogens is 1. The topological polar surface area (TPSA) is 122 Å². The third-order valence-electron chi connectivity index (χ3n) is 4.99. The number of nitrogens with zero attached hydrogens (tertiary/aromatic N) is 2. The second-order valence-corrected chi connectivity index (χ2v) is 8.05. The molecule has 0 saturated heterocycles. The van der Waals surface area contributed by atoms with E-state index < -0.39 is 11.4 Å². The number of fused-ring (bicyclic) bond motifs is 1. The van der Waals surface area contributed by atoms with Gasteiger partial charge in [-0.2, -0.15) is 9.97 Å². The molecule has 0 atom stereocenters. The number of aromatic amines is 1. The number of benzene rings is 1. The SMILES string of the molecule is CCNc1nc(Nc2ccc(F)c(NCC(C)(C)O)c2C=N)nc2[nH]c(CC)c(C)c12. The van der Waals surface area contributed by atoms with Crippen LogP contribution >= 0.6 is 0 Å². The Kier molecular flexibility index (Phi) is 6.45. The van der Waals surface area contributed by atoms with E-state index in [-0.39, 0.29) is 12.2 Å². The molecule has 0 spiro atoms. The number of aromatic nitrogens is 3. The van der Waals surface area contributed by atoms with Crippen molar-refractivity contribution in [3.63, 3.8) is 0 Å².